The highest BCUT2D eigenvalue weighted by Crippen LogP contribution is 2.38. The van der Waals surface area contributed by atoms with E-state index < -0.39 is 0 Å². The number of nitrogens with zero attached hydrogens (tertiary/aromatic N) is 2. The van der Waals surface area contributed by atoms with Crippen LogP contribution in [-0.2, 0) is 6.54 Å². The van der Waals surface area contributed by atoms with Gasteiger partial charge in [-0.1, -0.05) is 48.6 Å². The number of benzene rings is 1. The van der Waals surface area contributed by atoms with E-state index in [1.54, 1.807) is 11.3 Å². The summed E-state index contributed by atoms with van der Waals surface area (Å²) in [6.07, 6.45) is 3.72. The minimum absolute atomic E-state index is 0.556. The molecule has 1 aromatic carbocycles. The summed E-state index contributed by atoms with van der Waals surface area (Å²) in [7, 11) is 0. The Morgan fingerprint density at radius 1 is 1.29 bits per heavy atom. The van der Waals surface area contributed by atoms with Crippen molar-refractivity contribution in [3.05, 3.63) is 35.2 Å². The zero-order valence-electron chi connectivity index (χ0n) is 12.7. The molecule has 2 N–H and O–H groups in total. The molecule has 0 amide bonds. The van der Waals surface area contributed by atoms with Crippen molar-refractivity contribution in [1.29, 1.82) is 0 Å². The molecule has 0 bridgehead atoms. The summed E-state index contributed by atoms with van der Waals surface area (Å²) in [4.78, 5) is 8.64. The van der Waals surface area contributed by atoms with Gasteiger partial charge >= 0.3 is 0 Å². The van der Waals surface area contributed by atoms with Gasteiger partial charge in [-0.25, -0.2) is 4.98 Å². The third-order valence-corrected chi connectivity index (χ3v) is 5.49. The Morgan fingerprint density at radius 3 is 2.71 bits per heavy atom. The van der Waals surface area contributed by atoms with Gasteiger partial charge in [0.05, 0.1) is 5.69 Å². The summed E-state index contributed by atoms with van der Waals surface area (Å²) in [5.41, 5.74) is 8.18. The van der Waals surface area contributed by atoms with Crippen LogP contribution in [0.5, 0.6) is 0 Å². The number of thiazole rings is 1. The van der Waals surface area contributed by atoms with Crippen LogP contribution >= 0.6 is 11.3 Å². The number of aromatic nitrogens is 1. The van der Waals surface area contributed by atoms with Gasteiger partial charge in [-0.3, -0.25) is 0 Å². The number of anilines is 1. The zero-order chi connectivity index (χ0) is 14.8. The highest BCUT2D eigenvalue weighted by atomic mass is 32.1. The molecular formula is C17H23N3S. The minimum atomic E-state index is 0.556. The molecule has 1 saturated heterocycles. The molecular weight excluding hydrogens is 278 g/mol. The second-order valence-electron chi connectivity index (χ2n) is 5.73. The van der Waals surface area contributed by atoms with Crippen molar-refractivity contribution in [3.63, 3.8) is 0 Å². The lowest BCUT2D eigenvalue weighted by Crippen LogP contribution is -2.33. The van der Waals surface area contributed by atoms with Gasteiger partial charge in [0.15, 0.2) is 5.13 Å². The number of rotatable bonds is 4. The standard InChI is InChI=1S/C17H23N3S/c1-3-14-10-9-12(2)20(14)17-19-16(15(11-18)21-17)13-7-5-4-6-8-13/h4-8,12,14H,3,9-11,18H2,1-2H3. The maximum absolute atomic E-state index is 5.95. The molecule has 1 aliphatic heterocycles. The largest absolute Gasteiger partial charge is 0.342 e. The summed E-state index contributed by atoms with van der Waals surface area (Å²) in [6, 6.07) is 11.6. The summed E-state index contributed by atoms with van der Waals surface area (Å²) in [6.45, 7) is 5.13. The predicted octanol–water partition coefficient (Wildman–Crippen LogP) is 4.04. The highest BCUT2D eigenvalue weighted by molar-refractivity contribution is 7.16. The first kappa shape index (κ1) is 14.5. The van der Waals surface area contributed by atoms with E-state index in [-0.39, 0.29) is 0 Å². The van der Waals surface area contributed by atoms with Gasteiger partial charge in [-0.05, 0) is 26.2 Å². The van der Waals surface area contributed by atoms with Gasteiger partial charge in [0, 0.05) is 29.1 Å². The molecule has 1 aromatic heterocycles. The summed E-state index contributed by atoms with van der Waals surface area (Å²) in [5.74, 6) is 0. The molecule has 21 heavy (non-hydrogen) atoms. The monoisotopic (exact) mass is 301 g/mol. The van der Waals surface area contributed by atoms with Crippen molar-refractivity contribution >= 4 is 16.5 Å². The summed E-state index contributed by atoms with van der Waals surface area (Å²) in [5, 5.41) is 1.14. The lowest BCUT2D eigenvalue weighted by Gasteiger charge is -2.27. The Morgan fingerprint density at radius 2 is 2.05 bits per heavy atom. The fourth-order valence-corrected chi connectivity index (χ4v) is 4.36. The SMILES string of the molecule is CCC1CCC(C)N1c1nc(-c2ccccc2)c(CN)s1. The number of hydrogen-bond donors (Lipinski definition) is 1. The molecule has 0 aliphatic carbocycles. The Labute approximate surface area is 130 Å². The average molecular weight is 301 g/mol. The van der Waals surface area contributed by atoms with Crippen molar-refractivity contribution in [1.82, 2.24) is 4.98 Å². The second-order valence-corrected chi connectivity index (χ2v) is 6.80. The van der Waals surface area contributed by atoms with E-state index >= 15 is 0 Å². The topological polar surface area (TPSA) is 42.2 Å². The van der Waals surface area contributed by atoms with E-state index in [0.29, 0.717) is 18.6 Å². The fourth-order valence-electron chi connectivity index (χ4n) is 3.23. The van der Waals surface area contributed by atoms with Crippen LogP contribution in [0.15, 0.2) is 30.3 Å². The Kier molecular flexibility index (Phi) is 4.27. The van der Waals surface area contributed by atoms with E-state index in [1.807, 2.05) is 6.07 Å². The van der Waals surface area contributed by atoms with Crippen molar-refractivity contribution in [3.8, 4) is 11.3 Å². The molecule has 0 radical (unpaired) electrons. The predicted molar refractivity (Wildman–Crippen MR) is 90.7 cm³/mol. The Hall–Kier alpha value is -1.39. The second kappa shape index (κ2) is 6.16. The van der Waals surface area contributed by atoms with Gasteiger partial charge in [0.2, 0.25) is 0 Å². The molecule has 3 rings (SSSR count). The first-order valence-corrected chi connectivity index (χ1v) is 8.59. The molecule has 2 unspecified atom stereocenters. The first-order valence-electron chi connectivity index (χ1n) is 7.78. The van der Waals surface area contributed by atoms with Gasteiger partial charge in [-0.2, -0.15) is 0 Å². The van der Waals surface area contributed by atoms with Crippen molar-refractivity contribution in [2.24, 2.45) is 5.73 Å². The molecule has 0 spiro atoms. The van der Waals surface area contributed by atoms with E-state index in [1.165, 1.54) is 29.7 Å². The molecule has 2 aromatic rings. The summed E-state index contributed by atoms with van der Waals surface area (Å²) >= 11 is 1.76. The van der Waals surface area contributed by atoms with Crippen molar-refractivity contribution < 1.29 is 0 Å². The van der Waals surface area contributed by atoms with Crippen LogP contribution in [0.25, 0.3) is 11.3 Å². The number of hydrogen-bond acceptors (Lipinski definition) is 4. The Balaban J connectivity index is 2.00. The smallest absolute Gasteiger partial charge is 0.186 e. The van der Waals surface area contributed by atoms with Gasteiger partial charge in [-0.15, -0.1) is 0 Å². The van der Waals surface area contributed by atoms with Gasteiger partial charge in [0.25, 0.3) is 0 Å². The van der Waals surface area contributed by atoms with Crippen molar-refractivity contribution in [2.75, 3.05) is 4.90 Å². The average Bonchev–Trinajstić information content (AvgIpc) is 3.10. The lowest BCUT2D eigenvalue weighted by atomic mass is 10.1. The first-order chi connectivity index (χ1) is 10.2. The fraction of sp³-hybridized carbons (Fsp3) is 0.471. The molecule has 1 aliphatic rings. The molecule has 2 atom stereocenters. The quantitative estimate of drug-likeness (QED) is 0.927. The molecule has 1 fully saturated rings. The van der Waals surface area contributed by atoms with Crippen LogP contribution in [0.3, 0.4) is 0 Å². The van der Waals surface area contributed by atoms with Crippen LogP contribution in [0, 0.1) is 0 Å². The normalized spacial score (nSPS) is 22.0. The van der Waals surface area contributed by atoms with E-state index in [4.69, 9.17) is 10.7 Å². The molecule has 0 saturated carbocycles. The van der Waals surface area contributed by atoms with Crippen LogP contribution in [0.2, 0.25) is 0 Å². The van der Waals surface area contributed by atoms with E-state index in [2.05, 4.69) is 43.0 Å². The van der Waals surface area contributed by atoms with Crippen molar-refractivity contribution in [2.45, 2.75) is 51.7 Å². The number of nitrogens with two attached hydrogens (primary N) is 1. The minimum Gasteiger partial charge on any atom is -0.342 e. The Bertz CT molecular complexity index is 593. The highest BCUT2D eigenvalue weighted by Gasteiger charge is 2.32. The van der Waals surface area contributed by atoms with E-state index in [9.17, 15) is 0 Å². The van der Waals surface area contributed by atoms with Crippen LogP contribution in [0.1, 0.15) is 38.0 Å². The van der Waals surface area contributed by atoms with Gasteiger partial charge < -0.3 is 10.6 Å². The molecule has 4 heteroatoms. The van der Waals surface area contributed by atoms with Crippen LogP contribution < -0.4 is 10.6 Å². The molecule has 2 heterocycles. The third kappa shape index (κ3) is 2.70. The molecule has 3 nitrogen and oxygen atoms in total. The van der Waals surface area contributed by atoms with E-state index in [0.717, 1.165) is 10.8 Å². The van der Waals surface area contributed by atoms with Crippen LogP contribution in [0.4, 0.5) is 5.13 Å². The zero-order valence-corrected chi connectivity index (χ0v) is 13.6. The maximum atomic E-state index is 5.95. The maximum Gasteiger partial charge on any atom is 0.186 e. The summed E-state index contributed by atoms with van der Waals surface area (Å²) < 4.78 is 0. The van der Waals surface area contributed by atoms with Crippen LogP contribution in [-0.4, -0.2) is 17.1 Å². The van der Waals surface area contributed by atoms with Gasteiger partial charge in [0.1, 0.15) is 0 Å². The molecule has 112 valence electrons. The lowest BCUT2D eigenvalue weighted by molar-refractivity contribution is 0.626. The third-order valence-electron chi connectivity index (χ3n) is 4.40.